The van der Waals surface area contributed by atoms with Crippen molar-refractivity contribution in [2.45, 2.75) is 37.7 Å². The lowest BCUT2D eigenvalue weighted by Gasteiger charge is -2.35. The number of rotatable bonds is 5. The Labute approximate surface area is 171 Å². The van der Waals surface area contributed by atoms with E-state index in [-0.39, 0.29) is 23.4 Å². The highest BCUT2D eigenvalue weighted by atomic mass is 19.1. The SMILES string of the molecule is O=C(NCC1CC1)O[C@H]1C[C@H](c2c(-c3ccc(F)cc3)[nH]c3c(F)cc(F)cc32)C1. The molecular weight excluding hydrogens is 393 g/mol. The highest BCUT2D eigenvalue weighted by Crippen LogP contribution is 2.46. The van der Waals surface area contributed by atoms with E-state index >= 15 is 0 Å². The van der Waals surface area contributed by atoms with Gasteiger partial charge < -0.3 is 15.0 Å². The zero-order valence-electron chi connectivity index (χ0n) is 16.2. The fraction of sp³-hybridized carbons (Fsp3) is 0.348. The summed E-state index contributed by atoms with van der Waals surface area (Å²) in [6.07, 6.45) is 2.77. The van der Waals surface area contributed by atoms with Crippen LogP contribution in [0.15, 0.2) is 36.4 Å². The Morgan fingerprint density at radius 3 is 2.50 bits per heavy atom. The van der Waals surface area contributed by atoms with Crippen LogP contribution in [0.5, 0.6) is 0 Å². The molecule has 3 aromatic rings. The minimum atomic E-state index is -0.675. The highest BCUT2D eigenvalue weighted by Gasteiger charge is 2.37. The summed E-state index contributed by atoms with van der Waals surface area (Å²) in [6, 6.07) is 8.03. The van der Waals surface area contributed by atoms with Gasteiger partial charge in [0.05, 0.1) is 11.2 Å². The van der Waals surface area contributed by atoms with Crippen LogP contribution in [0.25, 0.3) is 22.2 Å². The number of carbonyl (C=O) groups is 1. The average molecular weight is 414 g/mol. The number of carbonyl (C=O) groups excluding carboxylic acids is 1. The largest absolute Gasteiger partial charge is 0.446 e. The third-order valence-electron chi connectivity index (χ3n) is 6.01. The third-order valence-corrected chi connectivity index (χ3v) is 6.01. The van der Waals surface area contributed by atoms with E-state index in [1.54, 1.807) is 12.1 Å². The molecule has 0 aliphatic heterocycles. The van der Waals surface area contributed by atoms with Crippen molar-refractivity contribution in [3.05, 3.63) is 59.4 Å². The average Bonchev–Trinajstić information content (AvgIpc) is 3.44. The molecule has 0 unspecified atom stereocenters. The molecule has 4 nitrogen and oxygen atoms in total. The topological polar surface area (TPSA) is 54.1 Å². The molecule has 0 saturated heterocycles. The van der Waals surface area contributed by atoms with Gasteiger partial charge in [0.2, 0.25) is 0 Å². The van der Waals surface area contributed by atoms with Crippen molar-refractivity contribution in [2.75, 3.05) is 6.54 Å². The van der Waals surface area contributed by atoms with Gasteiger partial charge in [-0.3, -0.25) is 0 Å². The van der Waals surface area contributed by atoms with Gasteiger partial charge in [0, 0.05) is 18.0 Å². The molecule has 1 aromatic heterocycles. The number of ether oxygens (including phenoxy) is 1. The molecule has 7 heteroatoms. The van der Waals surface area contributed by atoms with Crippen LogP contribution in [0, 0.1) is 23.4 Å². The first kappa shape index (κ1) is 19.0. The summed E-state index contributed by atoms with van der Waals surface area (Å²) in [5.41, 5.74) is 2.32. The van der Waals surface area contributed by atoms with E-state index in [9.17, 15) is 18.0 Å². The van der Waals surface area contributed by atoms with Gasteiger partial charge in [-0.05, 0) is 79.0 Å². The Morgan fingerprint density at radius 1 is 1.07 bits per heavy atom. The van der Waals surface area contributed by atoms with Gasteiger partial charge in [-0.25, -0.2) is 18.0 Å². The maximum Gasteiger partial charge on any atom is 0.407 e. The molecule has 1 amide bonds. The van der Waals surface area contributed by atoms with Gasteiger partial charge in [0.25, 0.3) is 0 Å². The van der Waals surface area contributed by atoms with Crippen LogP contribution in [0.4, 0.5) is 18.0 Å². The molecule has 0 bridgehead atoms. The van der Waals surface area contributed by atoms with E-state index in [1.807, 2.05) is 0 Å². The third kappa shape index (κ3) is 3.64. The van der Waals surface area contributed by atoms with Gasteiger partial charge in [0.1, 0.15) is 23.6 Å². The minimum absolute atomic E-state index is 0.0266. The number of aromatic amines is 1. The molecule has 0 radical (unpaired) electrons. The summed E-state index contributed by atoms with van der Waals surface area (Å²) in [6.45, 7) is 0.644. The van der Waals surface area contributed by atoms with Gasteiger partial charge in [-0.1, -0.05) is 0 Å². The lowest BCUT2D eigenvalue weighted by atomic mass is 9.75. The first-order valence-electron chi connectivity index (χ1n) is 10.2. The Kier molecular flexibility index (Phi) is 4.68. The number of fused-ring (bicyclic) bond motifs is 1. The normalized spacial score (nSPS) is 20.8. The lowest BCUT2D eigenvalue weighted by Crippen LogP contribution is -2.36. The zero-order chi connectivity index (χ0) is 20.8. The molecule has 30 heavy (non-hydrogen) atoms. The van der Waals surface area contributed by atoms with Crippen LogP contribution in [0.1, 0.15) is 37.2 Å². The smallest absolute Gasteiger partial charge is 0.407 e. The highest BCUT2D eigenvalue weighted by molar-refractivity contribution is 5.92. The molecular formula is C23H21F3N2O2. The Balaban J connectivity index is 1.41. The second-order valence-electron chi connectivity index (χ2n) is 8.25. The molecule has 2 aromatic carbocycles. The number of nitrogens with one attached hydrogen (secondary N) is 2. The van der Waals surface area contributed by atoms with Crippen LogP contribution in [0.3, 0.4) is 0 Å². The molecule has 2 aliphatic carbocycles. The Morgan fingerprint density at radius 2 is 1.80 bits per heavy atom. The molecule has 0 spiro atoms. The van der Waals surface area contributed by atoms with Crippen molar-refractivity contribution in [3.8, 4) is 11.3 Å². The van der Waals surface area contributed by atoms with E-state index in [0.717, 1.165) is 24.5 Å². The maximum absolute atomic E-state index is 14.4. The summed E-state index contributed by atoms with van der Waals surface area (Å²) >= 11 is 0. The number of hydrogen-bond acceptors (Lipinski definition) is 2. The lowest BCUT2D eigenvalue weighted by molar-refractivity contribution is 0.0398. The van der Waals surface area contributed by atoms with Gasteiger partial charge in [0.15, 0.2) is 0 Å². The van der Waals surface area contributed by atoms with E-state index in [0.29, 0.717) is 41.9 Å². The second kappa shape index (κ2) is 7.38. The number of H-pyrrole nitrogens is 1. The molecule has 2 fully saturated rings. The van der Waals surface area contributed by atoms with E-state index in [2.05, 4.69) is 10.3 Å². The fourth-order valence-electron chi connectivity index (χ4n) is 4.15. The first-order chi connectivity index (χ1) is 14.5. The second-order valence-corrected chi connectivity index (χ2v) is 8.25. The Hall–Kier alpha value is -2.96. The van der Waals surface area contributed by atoms with Crippen molar-refractivity contribution < 1.29 is 22.7 Å². The summed E-state index contributed by atoms with van der Waals surface area (Å²) in [5.74, 6) is -1.16. The number of hydrogen-bond donors (Lipinski definition) is 2. The number of aromatic nitrogens is 1. The van der Waals surface area contributed by atoms with Crippen molar-refractivity contribution in [1.82, 2.24) is 10.3 Å². The minimum Gasteiger partial charge on any atom is -0.446 e. The monoisotopic (exact) mass is 414 g/mol. The zero-order valence-corrected chi connectivity index (χ0v) is 16.2. The standard InChI is InChI=1S/C23H21F3N2O2/c24-15-5-3-13(4-6-15)21-20(18-9-16(25)10-19(26)22(18)28-21)14-7-17(8-14)30-23(29)27-11-12-1-2-12/h3-6,9-10,12,14,17,28H,1-2,7-8,11H2,(H,27,29)/t14-,17-. The van der Waals surface area contributed by atoms with Crippen molar-refractivity contribution >= 4 is 17.0 Å². The summed E-state index contributed by atoms with van der Waals surface area (Å²) in [7, 11) is 0. The van der Waals surface area contributed by atoms with E-state index < -0.39 is 17.7 Å². The van der Waals surface area contributed by atoms with E-state index in [4.69, 9.17) is 4.74 Å². The quantitative estimate of drug-likeness (QED) is 0.568. The summed E-state index contributed by atoms with van der Waals surface area (Å²) in [4.78, 5) is 15.0. The molecule has 2 N–H and O–H groups in total. The number of halogens is 3. The molecule has 0 atom stereocenters. The van der Waals surface area contributed by atoms with Gasteiger partial charge >= 0.3 is 6.09 Å². The van der Waals surface area contributed by atoms with Gasteiger partial charge in [-0.15, -0.1) is 0 Å². The first-order valence-corrected chi connectivity index (χ1v) is 10.2. The number of alkyl carbamates (subject to hydrolysis) is 1. The van der Waals surface area contributed by atoms with Crippen molar-refractivity contribution in [1.29, 1.82) is 0 Å². The van der Waals surface area contributed by atoms with Gasteiger partial charge in [-0.2, -0.15) is 0 Å². The van der Waals surface area contributed by atoms with Crippen LogP contribution >= 0.6 is 0 Å². The van der Waals surface area contributed by atoms with E-state index in [1.165, 1.54) is 18.2 Å². The molecule has 2 aliphatic rings. The van der Waals surface area contributed by atoms with Crippen LogP contribution in [-0.4, -0.2) is 23.7 Å². The fourth-order valence-corrected chi connectivity index (χ4v) is 4.15. The Bertz CT molecular complexity index is 1100. The van der Waals surface area contributed by atoms with Crippen LogP contribution < -0.4 is 5.32 Å². The van der Waals surface area contributed by atoms with Crippen molar-refractivity contribution in [2.24, 2.45) is 5.92 Å². The molecule has 1 heterocycles. The molecule has 156 valence electrons. The summed E-state index contributed by atoms with van der Waals surface area (Å²) < 4.78 is 47.2. The molecule has 2 saturated carbocycles. The summed E-state index contributed by atoms with van der Waals surface area (Å²) in [5, 5.41) is 3.24. The number of benzene rings is 2. The maximum atomic E-state index is 14.4. The molecule has 5 rings (SSSR count). The number of amides is 1. The van der Waals surface area contributed by atoms with Crippen LogP contribution in [-0.2, 0) is 4.74 Å². The predicted molar refractivity (Wildman–Crippen MR) is 107 cm³/mol. The van der Waals surface area contributed by atoms with Crippen molar-refractivity contribution in [3.63, 3.8) is 0 Å². The van der Waals surface area contributed by atoms with Crippen LogP contribution in [0.2, 0.25) is 0 Å². The predicted octanol–water partition coefficient (Wildman–Crippen LogP) is 5.63.